The van der Waals surface area contributed by atoms with Crippen molar-refractivity contribution in [3.05, 3.63) is 5.82 Å². The molecule has 0 radical (unpaired) electrons. The Morgan fingerprint density at radius 2 is 2.36 bits per heavy atom. The zero-order valence-corrected chi connectivity index (χ0v) is 9.29. The van der Waals surface area contributed by atoms with Crippen LogP contribution in [0.1, 0.15) is 19.7 Å². The quantitative estimate of drug-likeness (QED) is 0.811. The Morgan fingerprint density at radius 3 is 2.86 bits per heavy atom. The van der Waals surface area contributed by atoms with E-state index in [1.165, 1.54) is 11.5 Å². The van der Waals surface area contributed by atoms with E-state index >= 15 is 0 Å². The van der Waals surface area contributed by atoms with E-state index in [1.54, 1.807) is 0 Å². The van der Waals surface area contributed by atoms with Crippen molar-refractivity contribution in [2.75, 3.05) is 18.0 Å². The molecule has 1 N–H and O–H groups in total. The van der Waals surface area contributed by atoms with Crippen molar-refractivity contribution >= 4 is 16.7 Å². The first-order chi connectivity index (χ1) is 6.70. The zero-order valence-electron chi connectivity index (χ0n) is 8.47. The van der Waals surface area contributed by atoms with Gasteiger partial charge >= 0.3 is 0 Å². The van der Waals surface area contributed by atoms with Crippen molar-refractivity contribution < 1.29 is 5.11 Å². The van der Waals surface area contributed by atoms with Crippen LogP contribution in [0, 0.1) is 5.92 Å². The third-order valence-electron chi connectivity index (χ3n) is 2.64. The maximum absolute atomic E-state index is 9.33. The number of anilines is 1. The minimum atomic E-state index is -0.204. The predicted molar refractivity (Wildman–Crippen MR) is 56.7 cm³/mol. The van der Waals surface area contributed by atoms with Gasteiger partial charge in [0.25, 0.3) is 0 Å². The Labute approximate surface area is 87.8 Å². The van der Waals surface area contributed by atoms with E-state index in [1.807, 2.05) is 6.92 Å². The molecule has 0 aliphatic carbocycles. The van der Waals surface area contributed by atoms with Crippen LogP contribution in [0.4, 0.5) is 5.13 Å². The van der Waals surface area contributed by atoms with E-state index in [-0.39, 0.29) is 6.10 Å². The summed E-state index contributed by atoms with van der Waals surface area (Å²) in [6.45, 7) is 5.73. The first-order valence-electron chi connectivity index (χ1n) is 4.96. The van der Waals surface area contributed by atoms with Crippen molar-refractivity contribution in [3.63, 3.8) is 0 Å². The molecule has 1 saturated heterocycles. The summed E-state index contributed by atoms with van der Waals surface area (Å²) in [5.74, 6) is 1.33. The lowest BCUT2D eigenvalue weighted by Crippen LogP contribution is -2.51. The Hall–Kier alpha value is -0.680. The molecule has 0 saturated carbocycles. The number of aromatic nitrogens is 2. The van der Waals surface area contributed by atoms with Crippen molar-refractivity contribution in [1.29, 1.82) is 0 Å². The molecule has 1 atom stereocenters. The normalized spacial score (nSPS) is 19.5. The van der Waals surface area contributed by atoms with Crippen LogP contribution in [0.3, 0.4) is 0 Å². The Balaban J connectivity index is 1.93. The van der Waals surface area contributed by atoms with E-state index < -0.39 is 0 Å². The van der Waals surface area contributed by atoms with Gasteiger partial charge in [-0.2, -0.15) is 4.37 Å². The molecule has 1 aliphatic heterocycles. The summed E-state index contributed by atoms with van der Waals surface area (Å²) in [5, 5.41) is 10.3. The molecule has 5 heteroatoms. The molecule has 4 nitrogen and oxygen atoms in total. The average Bonchev–Trinajstić information content (AvgIpc) is 2.49. The molecule has 1 fully saturated rings. The van der Waals surface area contributed by atoms with E-state index in [9.17, 15) is 5.11 Å². The van der Waals surface area contributed by atoms with Gasteiger partial charge in [0.15, 0.2) is 0 Å². The lowest BCUT2D eigenvalue weighted by Gasteiger charge is -2.40. The summed E-state index contributed by atoms with van der Waals surface area (Å²) in [5.41, 5.74) is 0. The van der Waals surface area contributed by atoms with Crippen LogP contribution < -0.4 is 4.90 Å². The molecule has 14 heavy (non-hydrogen) atoms. The first kappa shape index (κ1) is 9.86. The van der Waals surface area contributed by atoms with Crippen molar-refractivity contribution in [2.45, 2.75) is 26.4 Å². The lowest BCUT2D eigenvalue weighted by atomic mass is 9.96. The molecule has 1 aromatic heterocycles. The molecule has 0 spiro atoms. The smallest absolute Gasteiger partial charge is 0.205 e. The molecule has 1 aromatic rings. The number of aryl methyl sites for hydroxylation is 1. The Morgan fingerprint density at radius 1 is 1.64 bits per heavy atom. The van der Waals surface area contributed by atoms with Gasteiger partial charge in [-0.05, 0) is 6.92 Å². The first-order valence-corrected chi connectivity index (χ1v) is 5.73. The second kappa shape index (κ2) is 3.82. The lowest BCUT2D eigenvalue weighted by molar-refractivity contribution is 0.107. The molecule has 0 bridgehead atoms. The summed E-state index contributed by atoms with van der Waals surface area (Å²) < 4.78 is 4.23. The SMILES string of the molecule is CCc1nsc(N2CC(C(C)O)C2)n1. The maximum Gasteiger partial charge on any atom is 0.205 e. The van der Waals surface area contributed by atoms with E-state index in [0.29, 0.717) is 5.92 Å². The Bertz CT molecular complexity index is 307. The minimum absolute atomic E-state index is 0.204. The summed E-state index contributed by atoms with van der Waals surface area (Å²) >= 11 is 1.45. The second-order valence-electron chi connectivity index (χ2n) is 3.75. The molecular formula is C9H15N3OS. The van der Waals surface area contributed by atoms with Crippen LogP contribution in [-0.4, -0.2) is 33.7 Å². The molecule has 78 valence electrons. The maximum atomic E-state index is 9.33. The highest BCUT2D eigenvalue weighted by Crippen LogP contribution is 2.27. The molecule has 1 unspecified atom stereocenters. The average molecular weight is 213 g/mol. The third-order valence-corrected chi connectivity index (χ3v) is 3.45. The van der Waals surface area contributed by atoms with Gasteiger partial charge in [-0.3, -0.25) is 0 Å². The standard InChI is InChI=1S/C9H15N3OS/c1-3-8-10-9(14-11-8)12-4-7(5-12)6(2)13/h6-7,13H,3-5H2,1-2H3. The van der Waals surface area contributed by atoms with Gasteiger partial charge in [-0.15, -0.1) is 0 Å². The highest BCUT2D eigenvalue weighted by Gasteiger charge is 2.32. The molecule has 2 heterocycles. The number of aliphatic hydroxyl groups is 1. The van der Waals surface area contributed by atoms with E-state index in [4.69, 9.17) is 0 Å². The number of hydrogen-bond donors (Lipinski definition) is 1. The van der Waals surface area contributed by atoms with Crippen LogP contribution in [0.5, 0.6) is 0 Å². The number of hydrogen-bond acceptors (Lipinski definition) is 5. The highest BCUT2D eigenvalue weighted by molar-refractivity contribution is 7.09. The van der Waals surface area contributed by atoms with Crippen LogP contribution in [0.2, 0.25) is 0 Å². The molecule has 1 aliphatic rings. The number of rotatable bonds is 3. The monoisotopic (exact) mass is 213 g/mol. The number of aliphatic hydroxyl groups excluding tert-OH is 1. The van der Waals surface area contributed by atoms with Crippen molar-refractivity contribution in [1.82, 2.24) is 9.36 Å². The third kappa shape index (κ3) is 1.74. The van der Waals surface area contributed by atoms with Crippen molar-refractivity contribution in [3.8, 4) is 0 Å². The van der Waals surface area contributed by atoms with E-state index in [2.05, 4.69) is 21.2 Å². The highest BCUT2D eigenvalue weighted by atomic mass is 32.1. The summed E-state index contributed by atoms with van der Waals surface area (Å²) in [6.07, 6.45) is 0.689. The van der Waals surface area contributed by atoms with Crippen molar-refractivity contribution in [2.24, 2.45) is 5.92 Å². The molecular weight excluding hydrogens is 198 g/mol. The van der Waals surface area contributed by atoms with E-state index in [0.717, 1.165) is 30.5 Å². The largest absolute Gasteiger partial charge is 0.393 e. The van der Waals surface area contributed by atoms with Gasteiger partial charge < -0.3 is 10.0 Å². The number of nitrogens with zero attached hydrogens (tertiary/aromatic N) is 3. The van der Waals surface area contributed by atoms with Gasteiger partial charge in [-0.1, -0.05) is 6.92 Å². The summed E-state index contributed by atoms with van der Waals surface area (Å²) in [7, 11) is 0. The molecule has 0 amide bonds. The van der Waals surface area contributed by atoms with Gasteiger partial charge in [0, 0.05) is 37.0 Å². The molecule has 2 rings (SSSR count). The van der Waals surface area contributed by atoms with Gasteiger partial charge in [0.05, 0.1) is 6.10 Å². The summed E-state index contributed by atoms with van der Waals surface area (Å²) in [6, 6.07) is 0. The fourth-order valence-electron chi connectivity index (χ4n) is 1.49. The fraction of sp³-hybridized carbons (Fsp3) is 0.778. The van der Waals surface area contributed by atoms with Gasteiger partial charge in [-0.25, -0.2) is 4.98 Å². The minimum Gasteiger partial charge on any atom is -0.393 e. The molecule has 0 aromatic carbocycles. The van der Waals surface area contributed by atoms with Crippen LogP contribution in [0.15, 0.2) is 0 Å². The van der Waals surface area contributed by atoms with Crippen LogP contribution in [-0.2, 0) is 6.42 Å². The van der Waals surface area contributed by atoms with Crippen LogP contribution in [0.25, 0.3) is 0 Å². The van der Waals surface area contributed by atoms with Crippen LogP contribution >= 0.6 is 11.5 Å². The summed E-state index contributed by atoms with van der Waals surface area (Å²) in [4.78, 5) is 6.57. The topological polar surface area (TPSA) is 49.2 Å². The van der Waals surface area contributed by atoms with Gasteiger partial charge in [0.2, 0.25) is 5.13 Å². The fourth-order valence-corrected chi connectivity index (χ4v) is 2.26. The Kier molecular flexibility index (Phi) is 2.69. The second-order valence-corrected chi connectivity index (χ2v) is 4.48. The zero-order chi connectivity index (χ0) is 10.1. The van der Waals surface area contributed by atoms with Gasteiger partial charge in [0.1, 0.15) is 5.82 Å². The predicted octanol–water partition coefficient (Wildman–Crippen LogP) is 0.917.